The van der Waals surface area contributed by atoms with Gasteiger partial charge in [0.1, 0.15) is 0 Å². The fourth-order valence-electron chi connectivity index (χ4n) is 2.19. The molecule has 0 saturated heterocycles. The van der Waals surface area contributed by atoms with Gasteiger partial charge in [0.25, 0.3) is 0 Å². The molecule has 0 saturated carbocycles. The van der Waals surface area contributed by atoms with Crippen molar-refractivity contribution in [1.82, 2.24) is 0 Å². The standard InChI is InChI=1S/C19H22N2/c1-14-9-5-7-11-18(14)20-16(3)13-17(4)21-19-12-8-6-10-15(19)2/h5-13,20H,1-4H3. The molecule has 2 rings (SSSR count). The maximum absolute atomic E-state index is 4.66. The largest absolute Gasteiger partial charge is 0.359 e. The molecule has 0 unspecified atom stereocenters. The van der Waals surface area contributed by atoms with Crippen molar-refractivity contribution in [2.45, 2.75) is 27.7 Å². The van der Waals surface area contributed by atoms with Gasteiger partial charge in [-0.15, -0.1) is 0 Å². The molecule has 108 valence electrons. The number of para-hydroxylation sites is 2. The van der Waals surface area contributed by atoms with Crippen molar-refractivity contribution in [3.8, 4) is 0 Å². The highest BCUT2D eigenvalue weighted by molar-refractivity contribution is 5.95. The van der Waals surface area contributed by atoms with Gasteiger partial charge in [-0.25, -0.2) is 0 Å². The Morgan fingerprint density at radius 3 is 2.19 bits per heavy atom. The molecule has 0 aromatic heterocycles. The van der Waals surface area contributed by atoms with Crippen molar-refractivity contribution >= 4 is 17.1 Å². The molecule has 0 fully saturated rings. The molecule has 2 heteroatoms. The summed E-state index contributed by atoms with van der Waals surface area (Å²) in [5, 5.41) is 3.42. The lowest BCUT2D eigenvalue weighted by atomic mass is 10.2. The summed E-state index contributed by atoms with van der Waals surface area (Å²) in [4.78, 5) is 4.66. The second-order valence-corrected chi connectivity index (χ2v) is 5.31. The van der Waals surface area contributed by atoms with Gasteiger partial charge in [0.15, 0.2) is 0 Å². The molecular formula is C19H22N2. The maximum Gasteiger partial charge on any atom is 0.0661 e. The average molecular weight is 278 g/mol. The maximum atomic E-state index is 4.66. The van der Waals surface area contributed by atoms with Crippen molar-refractivity contribution in [1.29, 1.82) is 0 Å². The van der Waals surface area contributed by atoms with E-state index in [1.54, 1.807) is 0 Å². The first-order valence-corrected chi connectivity index (χ1v) is 7.18. The van der Waals surface area contributed by atoms with Crippen molar-refractivity contribution in [3.05, 3.63) is 71.4 Å². The predicted molar refractivity (Wildman–Crippen MR) is 92.5 cm³/mol. The van der Waals surface area contributed by atoms with E-state index in [1.807, 2.05) is 37.3 Å². The third-order valence-electron chi connectivity index (χ3n) is 3.31. The van der Waals surface area contributed by atoms with E-state index in [9.17, 15) is 0 Å². The Balaban J connectivity index is 2.15. The summed E-state index contributed by atoms with van der Waals surface area (Å²) in [5.74, 6) is 0. The smallest absolute Gasteiger partial charge is 0.0661 e. The van der Waals surface area contributed by atoms with Crippen LogP contribution in [0.1, 0.15) is 25.0 Å². The Labute approximate surface area is 127 Å². The number of hydrogen-bond acceptors (Lipinski definition) is 2. The molecule has 0 heterocycles. The van der Waals surface area contributed by atoms with Gasteiger partial charge in [-0.05, 0) is 57.0 Å². The van der Waals surface area contributed by atoms with Gasteiger partial charge in [0.05, 0.1) is 5.69 Å². The number of aryl methyl sites for hydroxylation is 2. The number of nitrogens with zero attached hydrogens (tertiary/aromatic N) is 1. The van der Waals surface area contributed by atoms with Crippen molar-refractivity contribution < 1.29 is 0 Å². The lowest BCUT2D eigenvalue weighted by molar-refractivity contribution is 1.33. The van der Waals surface area contributed by atoms with Crippen molar-refractivity contribution in [3.63, 3.8) is 0 Å². The number of allylic oxidation sites excluding steroid dienone is 2. The molecule has 2 aromatic carbocycles. The Morgan fingerprint density at radius 2 is 1.52 bits per heavy atom. The second kappa shape index (κ2) is 6.89. The van der Waals surface area contributed by atoms with Gasteiger partial charge < -0.3 is 5.32 Å². The highest BCUT2D eigenvalue weighted by Gasteiger charge is 1.98. The van der Waals surface area contributed by atoms with E-state index < -0.39 is 0 Å². The third-order valence-corrected chi connectivity index (χ3v) is 3.31. The van der Waals surface area contributed by atoms with E-state index in [1.165, 1.54) is 11.1 Å². The number of hydrogen-bond donors (Lipinski definition) is 1. The predicted octanol–water partition coefficient (Wildman–Crippen LogP) is 5.41. The summed E-state index contributed by atoms with van der Waals surface area (Å²) < 4.78 is 0. The van der Waals surface area contributed by atoms with Crippen LogP contribution in [0, 0.1) is 13.8 Å². The SMILES string of the molecule is CC(=CC(C)=Nc1ccccc1C)Nc1ccccc1C. The van der Waals surface area contributed by atoms with Crippen LogP contribution in [0.2, 0.25) is 0 Å². The minimum absolute atomic E-state index is 0.989. The molecule has 0 radical (unpaired) electrons. The Morgan fingerprint density at radius 1 is 0.905 bits per heavy atom. The molecule has 1 N–H and O–H groups in total. The Kier molecular flexibility index (Phi) is 4.94. The van der Waals surface area contributed by atoms with E-state index in [0.29, 0.717) is 0 Å². The first-order valence-electron chi connectivity index (χ1n) is 7.18. The summed E-state index contributed by atoms with van der Waals surface area (Å²) in [6.45, 7) is 8.26. The molecule has 21 heavy (non-hydrogen) atoms. The van der Waals surface area contributed by atoms with Crippen LogP contribution >= 0.6 is 0 Å². The van der Waals surface area contributed by atoms with Crippen LogP contribution in [0.4, 0.5) is 11.4 Å². The average Bonchev–Trinajstić information content (AvgIpc) is 2.44. The summed E-state index contributed by atoms with van der Waals surface area (Å²) in [5.41, 5.74) is 6.65. The van der Waals surface area contributed by atoms with Gasteiger partial charge in [-0.3, -0.25) is 4.99 Å². The zero-order valence-corrected chi connectivity index (χ0v) is 13.1. The molecule has 2 aromatic rings. The van der Waals surface area contributed by atoms with Crippen LogP contribution in [0.5, 0.6) is 0 Å². The Hall–Kier alpha value is -2.35. The molecule has 0 aliphatic rings. The quantitative estimate of drug-likeness (QED) is 0.743. The van der Waals surface area contributed by atoms with Crippen LogP contribution < -0.4 is 5.32 Å². The van der Waals surface area contributed by atoms with E-state index in [-0.39, 0.29) is 0 Å². The molecule has 0 spiro atoms. The lowest BCUT2D eigenvalue weighted by Gasteiger charge is -2.09. The Bertz CT molecular complexity index is 681. The van der Waals surface area contributed by atoms with Crippen molar-refractivity contribution in [2.24, 2.45) is 4.99 Å². The lowest BCUT2D eigenvalue weighted by Crippen LogP contribution is -2.00. The van der Waals surface area contributed by atoms with Gasteiger partial charge in [0.2, 0.25) is 0 Å². The topological polar surface area (TPSA) is 24.4 Å². The van der Waals surface area contributed by atoms with Gasteiger partial charge >= 0.3 is 0 Å². The molecular weight excluding hydrogens is 256 g/mol. The summed E-state index contributed by atoms with van der Waals surface area (Å²) >= 11 is 0. The molecule has 0 bridgehead atoms. The van der Waals surface area contributed by atoms with E-state index >= 15 is 0 Å². The fourth-order valence-corrected chi connectivity index (χ4v) is 2.19. The van der Waals surface area contributed by atoms with E-state index in [0.717, 1.165) is 22.8 Å². The van der Waals surface area contributed by atoms with Crippen LogP contribution in [0.15, 0.2) is 65.3 Å². The van der Waals surface area contributed by atoms with Crippen LogP contribution in [0.3, 0.4) is 0 Å². The third kappa shape index (κ3) is 4.32. The fraction of sp³-hybridized carbons (Fsp3) is 0.211. The van der Waals surface area contributed by atoms with Crippen LogP contribution in [-0.4, -0.2) is 5.71 Å². The monoisotopic (exact) mass is 278 g/mol. The normalized spacial score (nSPS) is 12.4. The highest BCUT2D eigenvalue weighted by atomic mass is 14.9. The van der Waals surface area contributed by atoms with E-state index in [2.05, 4.69) is 55.4 Å². The molecule has 2 nitrogen and oxygen atoms in total. The molecule has 0 aliphatic carbocycles. The van der Waals surface area contributed by atoms with Crippen LogP contribution in [0.25, 0.3) is 0 Å². The first kappa shape index (κ1) is 15.0. The molecule has 0 amide bonds. The zero-order valence-electron chi connectivity index (χ0n) is 13.1. The highest BCUT2D eigenvalue weighted by Crippen LogP contribution is 2.18. The van der Waals surface area contributed by atoms with Gasteiger partial charge in [0, 0.05) is 17.1 Å². The number of anilines is 1. The molecule has 0 atom stereocenters. The second-order valence-electron chi connectivity index (χ2n) is 5.31. The number of nitrogens with one attached hydrogen (secondary N) is 1. The number of rotatable bonds is 4. The zero-order chi connectivity index (χ0) is 15.2. The van der Waals surface area contributed by atoms with Gasteiger partial charge in [-0.1, -0.05) is 36.4 Å². The summed E-state index contributed by atoms with van der Waals surface area (Å²) in [6.07, 6.45) is 2.07. The number of benzene rings is 2. The van der Waals surface area contributed by atoms with Crippen LogP contribution in [-0.2, 0) is 0 Å². The summed E-state index contributed by atoms with van der Waals surface area (Å²) in [6, 6.07) is 16.4. The summed E-state index contributed by atoms with van der Waals surface area (Å²) in [7, 11) is 0. The first-order chi connectivity index (χ1) is 10.1. The number of aliphatic imine (C=N–C) groups is 1. The van der Waals surface area contributed by atoms with E-state index in [4.69, 9.17) is 0 Å². The minimum atomic E-state index is 0.989. The van der Waals surface area contributed by atoms with Crippen molar-refractivity contribution in [2.75, 3.05) is 5.32 Å². The molecule has 0 aliphatic heterocycles. The minimum Gasteiger partial charge on any atom is -0.359 e. The van der Waals surface area contributed by atoms with Gasteiger partial charge in [-0.2, -0.15) is 0 Å².